The van der Waals surface area contributed by atoms with Gasteiger partial charge in [0.25, 0.3) is 10.1 Å². The van der Waals surface area contributed by atoms with Crippen LogP contribution in [0.3, 0.4) is 0 Å². The average Bonchev–Trinajstić information content (AvgIpc) is 2.45. The number of aldehydes is 1. The molecule has 0 aliphatic heterocycles. The number of benzene rings is 2. The first-order valence-corrected chi connectivity index (χ1v) is 7.98. The molecule has 0 spiro atoms. The van der Waals surface area contributed by atoms with Crippen LogP contribution in [-0.2, 0) is 16.5 Å². The average molecular weight is 304 g/mol. The molecule has 0 aliphatic rings. The summed E-state index contributed by atoms with van der Waals surface area (Å²) in [6, 6.07) is 9.86. The molecule has 0 radical (unpaired) electrons. The maximum Gasteiger partial charge on any atom is 0.295 e. The minimum Gasteiger partial charge on any atom is -0.298 e. The molecular formula is C16H16O4S. The van der Waals surface area contributed by atoms with E-state index in [1.54, 1.807) is 6.07 Å². The summed E-state index contributed by atoms with van der Waals surface area (Å²) in [6.07, 6.45) is 1.29. The summed E-state index contributed by atoms with van der Waals surface area (Å²) < 4.78 is 32.6. The normalized spacial score (nSPS) is 11.4. The van der Waals surface area contributed by atoms with Gasteiger partial charge in [-0.05, 0) is 30.5 Å². The minimum atomic E-state index is -4.41. The summed E-state index contributed by atoms with van der Waals surface area (Å²) >= 11 is 0. The van der Waals surface area contributed by atoms with Gasteiger partial charge < -0.3 is 0 Å². The fourth-order valence-corrected chi connectivity index (χ4v) is 3.14. The van der Waals surface area contributed by atoms with E-state index in [4.69, 9.17) is 0 Å². The molecule has 0 bridgehead atoms. The maximum absolute atomic E-state index is 11.6. The fraction of sp³-hybridized carbons (Fsp3) is 0.188. The van der Waals surface area contributed by atoms with Gasteiger partial charge in [-0.1, -0.05) is 42.8 Å². The molecule has 0 fully saturated rings. The Morgan fingerprint density at radius 2 is 1.90 bits per heavy atom. The number of rotatable bonds is 4. The lowest BCUT2D eigenvalue weighted by molar-refractivity contribution is 0.112. The van der Waals surface area contributed by atoms with Gasteiger partial charge >= 0.3 is 0 Å². The van der Waals surface area contributed by atoms with Crippen LogP contribution >= 0.6 is 0 Å². The Kier molecular flexibility index (Phi) is 4.25. The summed E-state index contributed by atoms with van der Waals surface area (Å²) in [5.74, 6) is 0. The Hall–Kier alpha value is -1.98. The molecule has 110 valence electrons. The Labute approximate surface area is 124 Å². The van der Waals surface area contributed by atoms with Crippen LogP contribution in [0.1, 0.15) is 28.4 Å². The van der Waals surface area contributed by atoms with Crippen molar-refractivity contribution in [3.05, 3.63) is 53.1 Å². The Morgan fingerprint density at radius 1 is 1.19 bits per heavy atom. The highest BCUT2D eigenvalue weighted by Gasteiger charge is 2.21. The van der Waals surface area contributed by atoms with Crippen molar-refractivity contribution in [3.8, 4) is 11.1 Å². The van der Waals surface area contributed by atoms with Gasteiger partial charge in [0.1, 0.15) is 4.90 Å². The van der Waals surface area contributed by atoms with Gasteiger partial charge in [-0.25, -0.2) is 0 Å². The molecule has 2 aromatic carbocycles. The van der Waals surface area contributed by atoms with Crippen molar-refractivity contribution in [2.75, 3.05) is 0 Å². The first-order chi connectivity index (χ1) is 9.88. The molecule has 5 heteroatoms. The van der Waals surface area contributed by atoms with E-state index in [2.05, 4.69) is 0 Å². The van der Waals surface area contributed by atoms with E-state index < -0.39 is 10.1 Å². The second kappa shape index (κ2) is 5.79. The molecule has 2 aromatic rings. The van der Waals surface area contributed by atoms with Crippen LogP contribution in [-0.4, -0.2) is 19.3 Å². The standard InChI is InChI=1S/C16H16O4S/c1-3-12-9-11(2)7-8-14(12)16-13(10-17)5-4-6-15(16)21(18,19)20/h4-10H,3H2,1-2H3,(H,18,19,20). The molecule has 2 rings (SSSR count). The predicted molar refractivity (Wildman–Crippen MR) is 81.2 cm³/mol. The number of carbonyl (C=O) groups excluding carboxylic acids is 1. The highest BCUT2D eigenvalue weighted by atomic mass is 32.2. The van der Waals surface area contributed by atoms with E-state index in [1.807, 2.05) is 26.0 Å². The van der Waals surface area contributed by atoms with Crippen LogP contribution in [0.2, 0.25) is 0 Å². The minimum absolute atomic E-state index is 0.240. The van der Waals surface area contributed by atoms with Gasteiger partial charge in [0.2, 0.25) is 0 Å². The van der Waals surface area contributed by atoms with E-state index in [0.29, 0.717) is 18.3 Å². The van der Waals surface area contributed by atoms with Crippen LogP contribution in [0.15, 0.2) is 41.3 Å². The van der Waals surface area contributed by atoms with Gasteiger partial charge in [0, 0.05) is 11.1 Å². The zero-order valence-corrected chi connectivity index (χ0v) is 12.6. The smallest absolute Gasteiger partial charge is 0.295 e. The van der Waals surface area contributed by atoms with Gasteiger partial charge in [0.05, 0.1) is 0 Å². The van der Waals surface area contributed by atoms with Gasteiger partial charge in [0.15, 0.2) is 6.29 Å². The first-order valence-electron chi connectivity index (χ1n) is 6.54. The predicted octanol–water partition coefficient (Wildman–Crippen LogP) is 3.28. The van der Waals surface area contributed by atoms with Crippen molar-refractivity contribution in [1.82, 2.24) is 0 Å². The van der Waals surface area contributed by atoms with Crippen LogP contribution in [0.4, 0.5) is 0 Å². The second-order valence-corrected chi connectivity index (χ2v) is 6.22. The summed E-state index contributed by atoms with van der Waals surface area (Å²) in [4.78, 5) is 11.0. The molecule has 0 atom stereocenters. The highest BCUT2D eigenvalue weighted by molar-refractivity contribution is 7.86. The molecule has 0 unspecified atom stereocenters. The Bertz CT molecular complexity index is 792. The largest absolute Gasteiger partial charge is 0.298 e. The molecule has 0 amide bonds. The van der Waals surface area contributed by atoms with Crippen molar-refractivity contribution >= 4 is 16.4 Å². The third-order valence-corrected chi connectivity index (χ3v) is 4.27. The van der Waals surface area contributed by atoms with Crippen molar-refractivity contribution in [2.45, 2.75) is 25.2 Å². The van der Waals surface area contributed by atoms with Crippen molar-refractivity contribution in [1.29, 1.82) is 0 Å². The lowest BCUT2D eigenvalue weighted by Gasteiger charge is -2.14. The van der Waals surface area contributed by atoms with Gasteiger partial charge in [-0.3, -0.25) is 9.35 Å². The van der Waals surface area contributed by atoms with Crippen LogP contribution in [0.5, 0.6) is 0 Å². The van der Waals surface area contributed by atoms with Gasteiger partial charge in [-0.15, -0.1) is 0 Å². The van der Waals surface area contributed by atoms with E-state index in [0.717, 1.165) is 11.1 Å². The zero-order valence-electron chi connectivity index (χ0n) is 11.8. The van der Waals surface area contributed by atoms with E-state index in [1.165, 1.54) is 18.2 Å². The zero-order chi connectivity index (χ0) is 15.6. The molecule has 21 heavy (non-hydrogen) atoms. The molecule has 4 nitrogen and oxygen atoms in total. The molecule has 1 N–H and O–H groups in total. The first kappa shape index (κ1) is 15.4. The third kappa shape index (κ3) is 3.04. The number of carbonyl (C=O) groups is 1. The lowest BCUT2D eigenvalue weighted by atomic mass is 9.93. The SMILES string of the molecule is CCc1cc(C)ccc1-c1c(C=O)cccc1S(=O)(=O)O. The topological polar surface area (TPSA) is 71.4 Å². The number of hydrogen-bond acceptors (Lipinski definition) is 3. The molecule has 0 saturated heterocycles. The highest BCUT2D eigenvalue weighted by Crippen LogP contribution is 2.33. The fourth-order valence-electron chi connectivity index (χ4n) is 2.41. The van der Waals surface area contributed by atoms with Crippen molar-refractivity contribution in [3.63, 3.8) is 0 Å². The van der Waals surface area contributed by atoms with Crippen LogP contribution < -0.4 is 0 Å². The number of aryl methyl sites for hydroxylation is 2. The number of hydrogen-bond donors (Lipinski definition) is 1. The van der Waals surface area contributed by atoms with Crippen molar-refractivity contribution in [2.24, 2.45) is 0 Å². The molecule has 0 aliphatic carbocycles. The Balaban J connectivity index is 2.89. The van der Waals surface area contributed by atoms with Crippen LogP contribution in [0.25, 0.3) is 11.1 Å². The molecular weight excluding hydrogens is 288 g/mol. The summed E-state index contributed by atoms with van der Waals surface area (Å²) in [7, 11) is -4.41. The molecule has 0 saturated carbocycles. The third-order valence-electron chi connectivity index (χ3n) is 3.37. The Morgan fingerprint density at radius 3 is 2.48 bits per heavy atom. The van der Waals surface area contributed by atoms with Crippen molar-refractivity contribution < 1.29 is 17.8 Å². The van der Waals surface area contributed by atoms with E-state index in [9.17, 15) is 17.8 Å². The van der Waals surface area contributed by atoms with Crippen LogP contribution in [0, 0.1) is 6.92 Å². The summed E-state index contributed by atoms with van der Waals surface area (Å²) in [5, 5.41) is 0. The lowest BCUT2D eigenvalue weighted by Crippen LogP contribution is -2.04. The van der Waals surface area contributed by atoms with Gasteiger partial charge in [-0.2, -0.15) is 8.42 Å². The van der Waals surface area contributed by atoms with E-state index in [-0.39, 0.29) is 16.0 Å². The summed E-state index contributed by atoms with van der Waals surface area (Å²) in [6.45, 7) is 3.90. The monoisotopic (exact) mass is 304 g/mol. The second-order valence-electron chi connectivity index (χ2n) is 4.83. The molecule has 0 heterocycles. The summed E-state index contributed by atoms with van der Waals surface area (Å²) in [5.41, 5.74) is 3.12. The quantitative estimate of drug-likeness (QED) is 0.695. The van der Waals surface area contributed by atoms with E-state index >= 15 is 0 Å². The molecule has 0 aromatic heterocycles. The maximum atomic E-state index is 11.6.